The quantitative estimate of drug-likeness (QED) is 0.342. The molecule has 0 fully saturated rings. The number of hydrogen-bond donors (Lipinski definition) is 2. The fraction of sp³-hybridized carbons (Fsp3) is 0.148. The van der Waals surface area contributed by atoms with E-state index in [-0.39, 0.29) is 35.5 Å². The third-order valence-corrected chi connectivity index (χ3v) is 5.25. The molecule has 0 spiro atoms. The van der Waals surface area contributed by atoms with Crippen molar-refractivity contribution in [3.8, 4) is 23.0 Å². The zero-order valence-electron chi connectivity index (χ0n) is 19.3. The van der Waals surface area contributed by atoms with E-state index in [1.54, 1.807) is 36.4 Å². The Labute approximate surface area is 205 Å². The third kappa shape index (κ3) is 6.01. The van der Waals surface area contributed by atoms with Crippen LogP contribution in [0.25, 0.3) is 11.0 Å². The maximum Gasteiger partial charge on any atom is 0.328 e. The lowest BCUT2D eigenvalue weighted by molar-refractivity contribution is -0.145. The van der Waals surface area contributed by atoms with Crippen LogP contribution in [0.2, 0.25) is 0 Å². The van der Waals surface area contributed by atoms with Crippen molar-refractivity contribution in [1.82, 2.24) is 5.32 Å². The van der Waals surface area contributed by atoms with Gasteiger partial charge in [0.15, 0.2) is 6.61 Å². The molecule has 36 heavy (non-hydrogen) atoms. The van der Waals surface area contributed by atoms with Gasteiger partial charge in [0.1, 0.15) is 35.1 Å². The van der Waals surface area contributed by atoms with Gasteiger partial charge >= 0.3 is 5.97 Å². The number of aromatic hydroxyl groups is 1. The molecule has 0 aliphatic rings. The second-order valence-electron chi connectivity index (χ2n) is 7.80. The summed E-state index contributed by atoms with van der Waals surface area (Å²) >= 11 is 0. The number of carbonyl (C=O) groups is 2. The van der Waals surface area contributed by atoms with Crippen LogP contribution >= 0.6 is 0 Å². The number of phenols is 1. The molecular weight excluding hydrogens is 466 g/mol. The number of amides is 1. The number of ether oxygens (including phenoxy) is 3. The molecule has 0 aliphatic heterocycles. The zero-order valence-corrected chi connectivity index (χ0v) is 19.3. The molecule has 0 saturated carbocycles. The molecular formula is C27H23NO8. The average molecular weight is 489 g/mol. The Morgan fingerprint density at radius 3 is 2.47 bits per heavy atom. The number of benzene rings is 3. The molecule has 0 radical (unpaired) electrons. The predicted octanol–water partition coefficient (Wildman–Crippen LogP) is 3.57. The molecule has 9 heteroatoms. The number of hydrogen-bond acceptors (Lipinski definition) is 8. The average Bonchev–Trinajstić information content (AvgIpc) is 2.90. The van der Waals surface area contributed by atoms with Gasteiger partial charge in [-0.2, -0.15) is 0 Å². The van der Waals surface area contributed by atoms with Crippen LogP contribution in [-0.4, -0.2) is 36.7 Å². The first-order chi connectivity index (χ1) is 17.4. The molecule has 0 saturated heterocycles. The SMILES string of the molecule is COC(=O)[C@@H](Cc1ccc(O)cc1)NC(=O)COc1ccc2c(=O)c(Oc3ccccc3)coc2c1. The maximum atomic E-state index is 12.7. The fourth-order valence-electron chi connectivity index (χ4n) is 3.45. The molecule has 1 aromatic heterocycles. The summed E-state index contributed by atoms with van der Waals surface area (Å²) in [5, 5.41) is 12.3. The van der Waals surface area contributed by atoms with E-state index >= 15 is 0 Å². The summed E-state index contributed by atoms with van der Waals surface area (Å²) in [6.45, 7) is -0.381. The molecule has 0 aliphatic carbocycles. The van der Waals surface area contributed by atoms with E-state index < -0.39 is 17.9 Å². The topological polar surface area (TPSA) is 124 Å². The van der Waals surface area contributed by atoms with E-state index in [2.05, 4.69) is 5.32 Å². The maximum absolute atomic E-state index is 12.7. The summed E-state index contributed by atoms with van der Waals surface area (Å²) in [5.74, 6) is -0.215. The molecule has 3 aromatic carbocycles. The number of phenolic OH excluding ortho intramolecular Hbond substituents is 1. The van der Waals surface area contributed by atoms with Crippen LogP contribution in [0.4, 0.5) is 0 Å². The summed E-state index contributed by atoms with van der Waals surface area (Å²) in [6.07, 6.45) is 1.39. The highest BCUT2D eigenvalue weighted by atomic mass is 16.5. The molecule has 9 nitrogen and oxygen atoms in total. The minimum absolute atomic E-state index is 0.0456. The summed E-state index contributed by atoms with van der Waals surface area (Å²) in [5.41, 5.74) is 0.641. The lowest BCUT2D eigenvalue weighted by Crippen LogP contribution is -2.44. The molecule has 2 N–H and O–H groups in total. The standard InChI is InChI=1S/C27H23NO8/c1-33-27(32)22(13-17-7-9-18(29)10-8-17)28-25(30)16-34-20-11-12-21-23(14-20)35-15-24(26(21)31)36-19-5-3-2-4-6-19/h2-12,14-15,22,29H,13,16H2,1H3,(H,28,30)/t22-/m1/s1. The number of esters is 1. The monoisotopic (exact) mass is 489 g/mol. The highest BCUT2D eigenvalue weighted by Crippen LogP contribution is 2.24. The summed E-state index contributed by atoms with van der Waals surface area (Å²) in [7, 11) is 1.23. The molecule has 0 unspecified atom stereocenters. The van der Waals surface area contributed by atoms with Crippen LogP contribution in [-0.2, 0) is 20.7 Å². The van der Waals surface area contributed by atoms with Crippen molar-refractivity contribution in [1.29, 1.82) is 0 Å². The van der Waals surface area contributed by atoms with Gasteiger partial charge in [0.25, 0.3) is 5.91 Å². The molecule has 4 aromatic rings. The van der Waals surface area contributed by atoms with Crippen molar-refractivity contribution in [2.45, 2.75) is 12.5 Å². The number of methoxy groups -OCH3 is 1. The number of rotatable bonds is 9. The van der Waals surface area contributed by atoms with Gasteiger partial charge in [0.05, 0.1) is 12.5 Å². The summed E-state index contributed by atoms with van der Waals surface area (Å²) in [6, 6.07) is 18.7. The highest BCUT2D eigenvalue weighted by Gasteiger charge is 2.22. The number of para-hydroxylation sites is 1. The molecule has 4 rings (SSSR count). The van der Waals surface area contributed by atoms with Gasteiger partial charge in [-0.3, -0.25) is 9.59 Å². The second kappa shape index (κ2) is 11.1. The Balaban J connectivity index is 1.40. The number of fused-ring (bicyclic) bond motifs is 1. The van der Waals surface area contributed by atoms with E-state index in [4.69, 9.17) is 18.6 Å². The Bertz CT molecular complexity index is 1410. The Hall–Kier alpha value is -4.79. The van der Waals surface area contributed by atoms with E-state index in [1.165, 1.54) is 43.7 Å². The van der Waals surface area contributed by atoms with Crippen molar-refractivity contribution < 1.29 is 33.3 Å². The highest BCUT2D eigenvalue weighted by molar-refractivity contribution is 5.85. The van der Waals surface area contributed by atoms with E-state index in [9.17, 15) is 19.5 Å². The Morgan fingerprint density at radius 2 is 1.75 bits per heavy atom. The van der Waals surface area contributed by atoms with Crippen LogP contribution in [0.15, 0.2) is 88.3 Å². The third-order valence-electron chi connectivity index (χ3n) is 5.25. The van der Waals surface area contributed by atoms with Crippen molar-refractivity contribution >= 4 is 22.8 Å². The first-order valence-electron chi connectivity index (χ1n) is 11.0. The molecule has 1 heterocycles. The second-order valence-corrected chi connectivity index (χ2v) is 7.80. The Morgan fingerprint density at radius 1 is 1.00 bits per heavy atom. The zero-order chi connectivity index (χ0) is 25.5. The number of carbonyl (C=O) groups excluding carboxylic acids is 2. The van der Waals surface area contributed by atoms with Crippen LogP contribution in [0.5, 0.6) is 23.0 Å². The van der Waals surface area contributed by atoms with Gasteiger partial charge in [0, 0.05) is 12.5 Å². The van der Waals surface area contributed by atoms with Gasteiger partial charge in [-0.15, -0.1) is 0 Å². The minimum atomic E-state index is -0.937. The molecule has 1 atom stereocenters. The Kier molecular flexibility index (Phi) is 7.50. The van der Waals surface area contributed by atoms with Crippen LogP contribution < -0.4 is 20.2 Å². The van der Waals surface area contributed by atoms with Gasteiger partial charge < -0.3 is 29.1 Å². The van der Waals surface area contributed by atoms with E-state index in [0.717, 1.165) is 5.56 Å². The van der Waals surface area contributed by atoms with Gasteiger partial charge in [-0.1, -0.05) is 30.3 Å². The summed E-state index contributed by atoms with van der Waals surface area (Å²) in [4.78, 5) is 37.3. The van der Waals surface area contributed by atoms with E-state index in [1.807, 2.05) is 6.07 Å². The lowest BCUT2D eigenvalue weighted by Gasteiger charge is -2.17. The van der Waals surface area contributed by atoms with Crippen molar-refractivity contribution in [3.63, 3.8) is 0 Å². The first-order valence-corrected chi connectivity index (χ1v) is 11.0. The number of nitrogens with one attached hydrogen (secondary N) is 1. The first kappa shape index (κ1) is 24.3. The predicted molar refractivity (Wildman–Crippen MR) is 130 cm³/mol. The van der Waals surface area contributed by atoms with Crippen molar-refractivity contribution in [2.24, 2.45) is 0 Å². The van der Waals surface area contributed by atoms with Crippen LogP contribution in [0, 0.1) is 0 Å². The van der Waals surface area contributed by atoms with Crippen LogP contribution in [0.1, 0.15) is 5.56 Å². The van der Waals surface area contributed by atoms with E-state index in [0.29, 0.717) is 16.9 Å². The largest absolute Gasteiger partial charge is 0.508 e. The lowest BCUT2D eigenvalue weighted by atomic mass is 10.1. The fourth-order valence-corrected chi connectivity index (χ4v) is 3.45. The normalized spacial score (nSPS) is 11.5. The van der Waals surface area contributed by atoms with Crippen molar-refractivity contribution in [3.05, 3.63) is 94.8 Å². The van der Waals surface area contributed by atoms with Gasteiger partial charge in [-0.25, -0.2) is 4.79 Å². The van der Waals surface area contributed by atoms with Crippen LogP contribution in [0.3, 0.4) is 0 Å². The van der Waals surface area contributed by atoms with Crippen molar-refractivity contribution in [2.75, 3.05) is 13.7 Å². The minimum Gasteiger partial charge on any atom is -0.508 e. The summed E-state index contributed by atoms with van der Waals surface area (Å²) < 4.78 is 21.5. The molecule has 0 bridgehead atoms. The molecule has 1 amide bonds. The van der Waals surface area contributed by atoms with Gasteiger partial charge in [0.2, 0.25) is 11.2 Å². The smallest absolute Gasteiger partial charge is 0.328 e. The van der Waals surface area contributed by atoms with Gasteiger partial charge in [-0.05, 0) is 42.0 Å². The molecule has 184 valence electrons.